The first-order valence-electron chi connectivity index (χ1n) is 6.97. The third kappa shape index (κ3) is 4.36. The van der Waals surface area contributed by atoms with Crippen LogP contribution in [0.5, 0.6) is 0 Å². The first-order valence-corrected chi connectivity index (χ1v) is 8.67. The van der Waals surface area contributed by atoms with Crippen LogP contribution < -0.4 is 5.32 Å². The zero-order valence-corrected chi connectivity index (χ0v) is 14.5. The van der Waals surface area contributed by atoms with Crippen molar-refractivity contribution in [2.45, 2.75) is 53.1 Å². The Balaban J connectivity index is 2.23. The summed E-state index contributed by atoms with van der Waals surface area (Å²) in [5.74, 6) is 0.625. The van der Waals surface area contributed by atoms with Crippen molar-refractivity contribution in [1.82, 2.24) is 15.3 Å². The minimum atomic E-state index is 0.129. The van der Waals surface area contributed by atoms with Crippen LogP contribution in [0.3, 0.4) is 0 Å². The van der Waals surface area contributed by atoms with Gasteiger partial charge in [0.25, 0.3) is 0 Å². The van der Waals surface area contributed by atoms with Crippen LogP contribution in [-0.2, 0) is 13.0 Å². The molecule has 20 heavy (non-hydrogen) atoms. The summed E-state index contributed by atoms with van der Waals surface area (Å²) in [4.78, 5) is 11.5. The average molecular weight is 310 g/mol. The van der Waals surface area contributed by atoms with Gasteiger partial charge >= 0.3 is 0 Å². The second kappa shape index (κ2) is 6.33. The topological polar surface area (TPSA) is 37.8 Å². The highest BCUT2D eigenvalue weighted by Crippen LogP contribution is 2.31. The Morgan fingerprint density at radius 2 is 2.05 bits per heavy atom. The minimum Gasteiger partial charge on any atom is -0.307 e. The van der Waals surface area contributed by atoms with Gasteiger partial charge in [0.15, 0.2) is 0 Å². The highest BCUT2D eigenvalue weighted by molar-refractivity contribution is 7.20. The molecule has 0 spiro atoms. The predicted octanol–water partition coefficient (Wildman–Crippen LogP) is 4.35. The smallest absolute Gasteiger partial charge is 0.135 e. The molecule has 0 saturated heterocycles. The Bertz CT molecular complexity index is 536. The molecule has 1 N–H and O–H groups in total. The van der Waals surface area contributed by atoms with E-state index in [2.05, 4.69) is 44.9 Å². The molecule has 2 rings (SSSR count). The van der Waals surface area contributed by atoms with E-state index < -0.39 is 0 Å². The fourth-order valence-corrected chi connectivity index (χ4v) is 3.55. The maximum Gasteiger partial charge on any atom is 0.135 e. The zero-order valence-electron chi connectivity index (χ0n) is 12.9. The van der Waals surface area contributed by atoms with Crippen molar-refractivity contribution in [1.29, 1.82) is 0 Å². The molecule has 0 unspecified atom stereocenters. The molecule has 0 radical (unpaired) electrons. The summed E-state index contributed by atoms with van der Waals surface area (Å²) >= 11 is 3.45. The van der Waals surface area contributed by atoms with Crippen LogP contribution in [0.2, 0.25) is 0 Å². The summed E-state index contributed by atoms with van der Waals surface area (Å²) in [5.41, 5.74) is 3.24. The zero-order chi connectivity index (χ0) is 14.8. The quantitative estimate of drug-likeness (QED) is 0.892. The summed E-state index contributed by atoms with van der Waals surface area (Å²) < 4.78 is 0. The van der Waals surface area contributed by atoms with Gasteiger partial charge in [0.05, 0.1) is 16.1 Å². The van der Waals surface area contributed by atoms with E-state index in [0.717, 1.165) is 18.0 Å². The summed E-state index contributed by atoms with van der Waals surface area (Å²) in [6, 6.07) is 0. The minimum absolute atomic E-state index is 0.129. The van der Waals surface area contributed by atoms with Gasteiger partial charge in [-0.15, -0.1) is 22.7 Å². The number of hydrogen-bond acceptors (Lipinski definition) is 5. The molecular formula is C15H23N3S2. The van der Waals surface area contributed by atoms with Crippen molar-refractivity contribution < 1.29 is 0 Å². The lowest BCUT2D eigenvalue weighted by Crippen LogP contribution is -2.35. The monoisotopic (exact) mass is 309 g/mol. The summed E-state index contributed by atoms with van der Waals surface area (Å²) in [7, 11) is 0. The van der Waals surface area contributed by atoms with E-state index in [1.807, 2.05) is 11.7 Å². The molecule has 5 heteroatoms. The molecular weight excluding hydrogens is 286 g/mol. The van der Waals surface area contributed by atoms with Crippen LogP contribution in [0.4, 0.5) is 0 Å². The van der Waals surface area contributed by atoms with Crippen LogP contribution in [-0.4, -0.2) is 15.5 Å². The van der Waals surface area contributed by atoms with Crippen molar-refractivity contribution in [3.63, 3.8) is 0 Å². The van der Waals surface area contributed by atoms with Crippen LogP contribution >= 0.6 is 22.7 Å². The molecule has 0 amide bonds. The molecule has 0 aliphatic heterocycles. The van der Waals surface area contributed by atoms with E-state index in [1.54, 1.807) is 22.7 Å². The van der Waals surface area contributed by atoms with Crippen LogP contribution in [0.15, 0.2) is 11.7 Å². The van der Waals surface area contributed by atoms with Gasteiger partial charge in [-0.05, 0) is 33.1 Å². The van der Waals surface area contributed by atoms with Gasteiger partial charge in [0.2, 0.25) is 0 Å². The number of hydrogen-bond donors (Lipinski definition) is 1. The van der Waals surface area contributed by atoms with E-state index in [-0.39, 0.29) is 5.54 Å². The largest absolute Gasteiger partial charge is 0.307 e. The van der Waals surface area contributed by atoms with Crippen molar-refractivity contribution in [3.8, 4) is 9.88 Å². The van der Waals surface area contributed by atoms with E-state index in [4.69, 9.17) is 4.98 Å². The van der Waals surface area contributed by atoms with Crippen LogP contribution in [0.1, 0.15) is 45.2 Å². The molecule has 2 aromatic rings. The van der Waals surface area contributed by atoms with Crippen molar-refractivity contribution in [2.24, 2.45) is 5.92 Å². The number of nitrogens with one attached hydrogen (secondary N) is 1. The second-order valence-electron chi connectivity index (χ2n) is 6.46. The molecule has 0 aliphatic carbocycles. The maximum absolute atomic E-state index is 4.84. The first kappa shape index (κ1) is 15.6. The summed E-state index contributed by atoms with van der Waals surface area (Å²) in [6.45, 7) is 12.0. The van der Waals surface area contributed by atoms with Gasteiger partial charge in [0, 0.05) is 23.2 Å². The molecule has 0 bridgehead atoms. The van der Waals surface area contributed by atoms with E-state index in [0.29, 0.717) is 5.92 Å². The lowest BCUT2D eigenvalue weighted by Gasteiger charge is -2.20. The number of rotatable bonds is 5. The van der Waals surface area contributed by atoms with E-state index >= 15 is 0 Å². The number of aromatic nitrogens is 2. The lowest BCUT2D eigenvalue weighted by atomic mass is 10.1. The van der Waals surface area contributed by atoms with Gasteiger partial charge < -0.3 is 5.32 Å². The van der Waals surface area contributed by atoms with Crippen LogP contribution in [0, 0.1) is 5.92 Å². The third-order valence-electron chi connectivity index (χ3n) is 2.80. The molecule has 0 saturated carbocycles. The SMILES string of the molecule is CC(C)Cc1nc(-c2cncs2)sc1CNC(C)(C)C. The Kier molecular flexibility index (Phi) is 4.94. The van der Waals surface area contributed by atoms with Gasteiger partial charge in [-0.2, -0.15) is 0 Å². The van der Waals surface area contributed by atoms with Gasteiger partial charge in [-0.25, -0.2) is 4.98 Å². The lowest BCUT2D eigenvalue weighted by molar-refractivity contribution is 0.425. The van der Waals surface area contributed by atoms with Crippen LogP contribution in [0.25, 0.3) is 9.88 Å². The molecule has 0 fully saturated rings. The van der Waals surface area contributed by atoms with Crippen molar-refractivity contribution in [3.05, 3.63) is 22.3 Å². The number of thiazole rings is 2. The standard InChI is InChI=1S/C15H23N3S2/c1-10(2)6-11-12(8-17-15(3,4)5)20-14(18-11)13-7-16-9-19-13/h7,9-10,17H,6,8H2,1-5H3. The summed E-state index contributed by atoms with van der Waals surface area (Å²) in [6.07, 6.45) is 2.94. The molecule has 3 nitrogen and oxygen atoms in total. The highest BCUT2D eigenvalue weighted by atomic mass is 32.1. The summed E-state index contributed by atoms with van der Waals surface area (Å²) in [5, 5.41) is 4.67. The Morgan fingerprint density at radius 3 is 2.60 bits per heavy atom. The van der Waals surface area contributed by atoms with Crippen molar-refractivity contribution >= 4 is 22.7 Å². The fourth-order valence-electron chi connectivity index (χ4n) is 1.84. The molecule has 0 aliphatic rings. The molecule has 0 aromatic carbocycles. The molecule has 0 atom stereocenters. The average Bonchev–Trinajstić information content (AvgIpc) is 2.93. The first-order chi connectivity index (χ1) is 9.35. The molecule has 2 aromatic heterocycles. The Morgan fingerprint density at radius 1 is 1.30 bits per heavy atom. The second-order valence-corrected chi connectivity index (χ2v) is 8.43. The number of nitrogens with zero attached hydrogens (tertiary/aromatic N) is 2. The molecule has 110 valence electrons. The predicted molar refractivity (Wildman–Crippen MR) is 88.4 cm³/mol. The highest BCUT2D eigenvalue weighted by Gasteiger charge is 2.17. The van der Waals surface area contributed by atoms with Crippen molar-refractivity contribution in [2.75, 3.05) is 0 Å². The Labute approximate surface area is 129 Å². The molecule has 2 heterocycles. The van der Waals surface area contributed by atoms with Gasteiger partial charge in [0.1, 0.15) is 5.01 Å². The maximum atomic E-state index is 4.84. The van der Waals surface area contributed by atoms with Gasteiger partial charge in [-0.3, -0.25) is 4.98 Å². The normalized spacial score (nSPS) is 12.3. The van der Waals surface area contributed by atoms with E-state index in [1.165, 1.54) is 15.4 Å². The van der Waals surface area contributed by atoms with E-state index in [9.17, 15) is 0 Å². The van der Waals surface area contributed by atoms with Gasteiger partial charge in [-0.1, -0.05) is 13.8 Å². The fraction of sp³-hybridized carbons (Fsp3) is 0.600. The Hall–Kier alpha value is -0.780. The third-order valence-corrected chi connectivity index (χ3v) is 4.84.